The Morgan fingerprint density at radius 1 is 1.27 bits per heavy atom. The number of H-pyrrole nitrogens is 1. The fraction of sp³-hybridized carbons (Fsp3) is 0.235. The summed E-state index contributed by atoms with van der Waals surface area (Å²) in [4.78, 5) is 25.6. The summed E-state index contributed by atoms with van der Waals surface area (Å²) in [7, 11) is 0. The summed E-state index contributed by atoms with van der Waals surface area (Å²) in [6.45, 7) is 0. The van der Waals surface area contributed by atoms with Gasteiger partial charge in [-0.3, -0.25) is 16.1 Å². The number of rotatable bonds is 3. The van der Waals surface area contributed by atoms with Gasteiger partial charge < -0.3 is 10.3 Å². The number of nitrogens with one attached hydrogen (secondary N) is 3. The molecule has 0 saturated heterocycles. The second-order valence-corrected chi connectivity index (χ2v) is 8.46. The van der Waals surface area contributed by atoms with E-state index in [0.29, 0.717) is 6.04 Å². The van der Waals surface area contributed by atoms with E-state index in [4.69, 9.17) is 5.84 Å². The van der Waals surface area contributed by atoms with Crippen molar-refractivity contribution in [1.82, 2.24) is 20.4 Å². The number of hydrogen-bond donors (Lipinski definition) is 4. The van der Waals surface area contributed by atoms with E-state index in [1.807, 2.05) is 18.2 Å². The largest absolute Gasteiger partial charge is 0.340 e. The number of thiophene rings is 1. The van der Waals surface area contributed by atoms with E-state index in [1.165, 1.54) is 21.8 Å². The van der Waals surface area contributed by atoms with E-state index < -0.39 is 0 Å². The minimum absolute atomic E-state index is 0.0449. The Balaban J connectivity index is 1.57. The zero-order valence-electron chi connectivity index (χ0n) is 13.7. The first-order chi connectivity index (χ1) is 12.7. The summed E-state index contributed by atoms with van der Waals surface area (Å²) >= 11 is 2.93. The second-order valence-electron chi connectivity index (χ2n) is 6.36. The Morgan fingerprint density at radius 2 is 2.19 bits per heavy atom. The van der Waals surface area contributed by atoms with Crippen molar-refractivity contribution >= 4 is 54.6 Å². The molecule has 0 bridgehead atoms. The third-order valence-corrected chi connectivity index (χ3v) is 6.77. The van der Waals surface area contributed by atoms with Crippen LogP contribution in [0.1, 0.15) is 16.9 Å². The van der Waals surface area contributed by atoms with Crippen LogP contribution in [0, 0.1) is 0 Å². The third kappa shape index (κ3) is 2.60. The van der Waals surface area contributed by atoms with Gasteiger partial charge in [0.2, 0.25) is 0 Å². The Morgan fingerprint density at radius 3 is 3.08 bits per heavy atom. The van der Waals surface area contributed by atoms with E-state index in [-0.39, 0.29) is 4.87 Å². The van der Waals surface area contributed by atoms with Crippen LogP contribution in [-0.4, -0.2) is 21.0 Å². The smallest absolute Gasteiger partial charge is 0.305 e. The third-order valence-electron chi connectivity index (χ3n) is 4.76. The van der Waals surface area contributed by atoms with Crippen LogP contribution in [-0.2, 0) is 12.8 Å². The highest BCUT2D eigenvalue weighted by Gasteiger charge is 2.24. The normalized spacial score (nSPS) is 16.9. The van der Waals surface area contributed by atoms with Crippen molar-refractivity contribution < 1.29 is 0 Å². The number of aromatic amines is 1. The van der Waals surface area contributed by atoms with E-state index in [1.54, 1.807) is 17.7 Å². The molecular formula is C17H16N6OS2. The van der Waals surface area contributed by atoms with E-state index in [0.717, 1.165) is 51.2 Å². The van der Waals surface area contributed by atoms with Crippen LogP contribution in [0.5, 0.6) is 0 Å². The lowest BCUT2D eigenvalue weighted by molar-refractivity contribution is 0.476. The lowest BCUT2D eigenvalue weighted by atomic mass is 9.93. The van der Waals surface area contributed by atoms with Gasteiger partial charge in [-0.25, -0.2) is 9.97 Å². The maximum Gasteiger partial charge on any atom is 0.305 e. The molecule has 1 unspecified atom stereocenters. The molecule has 0 fully saturated rings. The second kappa shape index (κ2) is 6.13. The average molecular weight is 384 g/mol. The maximum absolute atomic E-state index is 11.5. The predicted molar refractivity (Wildman–Crippen MR) is 106 cm³/mol. The van der Waals surface area contributed by atoms with Crippen LogP contribution >= 0.6 is 22.7 Å². The molecule has 0 radical (unpaired) electrons. The molecule has 1 aliphatic carbocycles. The van der Waals surface area contributed by atoms with Crippen molar-refractivity contribution in [2.45, 2.75) is 25.3 Å². The van der Waals surface area contributed by atoms with Crippen molar-refractivity contribution in [3.05, 3.63) is 44.6 Å². The number of hydrazine groups is 1. The molecule has 3 aromatic heterocycles. The monoisotopic (exact) mass is 384 g/mol. The van der Waals surface area contributed by atoms with Gasteiger partial charge in [0.05, 0.1) is 15.6 Å². The van der Waals surface area contributed by atoms with E-state index in [2.05, 4.69) is 25.7 Å². The van der Waals surface area contributed by atoms with Gasteiger partial charge in [-0.05, 0) is 43.0 Å². The van der Waals surface area contributed by atoms with Crippen molar-refractivity contribution in [3.8, 4) is 0 Å². The van der Waals surface area contributed by atoms with Gasteiger partial charge in [0.25, 0.3) is 0 Å². The first-order valence-electron chi connectivity index (χ1n) is 8.32. The molecule has 1 aromatic carbocycles. The summed E-state index contributed by atoms with van der Waals surface area (Å²) in [5.41, 5.74) is 5.98. The molecule has 132 valence electrons. The molecule has 0 saturated carbocycles. The molecule has 7 nitrogen and oxygen atoms in total. The van der Waals surface area contributed by atoms with E-state index >= 15 is 0 Å². The fourth-order valence-corrected chi connectivity index (χ4v) is 5.55. The summed E-state index contributed by atoms with van der Waals surface area (Å²) in [6.07, 6.45) is 4.49. The molecule has 1 atom stereocenters. The number of anilines is 2. The Bertz CT molecular complexity index is 1180. The Labute approximate surface area is 156 Å². The summed E-state index contributed by atoms with van der Waals surface area (Å²) in [5.74, 6) is 6.44. The summed E-state index contributed by atoms with van der Waals surface area (Å²) in [6, 6.07) is 6.15. The van der Waals surface area contributed by atoms with Crippen LogP contribution in [0.2, 0.25) is 0 Å². The number of nitrogens with zero attached hydrogens (tertiary/aromatic N) is 2. The zero-order chi connectivity index (χ0) is 17.7. The first-order valence-corrected chi connectivity index (χ1v) is 9.96. The number of aromatic nitrogens is 3. The lowest BCUT2D eigenvalue weighted by Gasteiger charge is -2.21. The molecule has 5 N–H and O–H groups in total. The van der Waals surface area contributed by atoms with Gasteiger partial charge in [0, 0.05) is 16.6 Å². The van der Waals surface area contributed by atoms with E-state index in [9.17, 15) is 4.79 Å². The average Bonchev–Trinajstić information content (AvgIpc) is 3.20. The number of aryl methyl sites for hydroxylation is 1. The highest BCUT2D eigenvalue weighted by molar-refractivity contribution is 7.19. The minimum atomic E-state index is -0.0449. The molecule has 0 aliphatic heterocycles. The van der Waals surface area contributed by atoms with Gasteiger partial charge in [-0.15, -0.1) is 11.3 Å². The fourth-order valence-electron chi connectivity index (χ4n) is 3.51. The molecule has 0 amide bonds. The van der Waals surface area contributed by atoms with Gasteiger partial charge >= 0.3 is 4.87 Å². The molecule has 26 heavy (non-hydrogen) atoms. The molecule has 9 heteroatoms. The maximum atomic E-state index is 11.5. The van der Waals surface area contributed by atoms with Crippen molar-refractivity contribution in [2.24, 2.45) is 5.84 Å². The van der Waals surface area contributed by atoms with Crippen LogP contribution in [0.3, 0.4) is 0 Å². The van der Waals surface area contributed by atoms with Crippen molar-refractivity contribution in [1.29, 1.82) is 0 Å². The topological polar surface area (TPSA) is 109 Å². The molecule has 0 spiro atoms. The molecule has 5 rings (SSSR count). The van der Waals surface area contributed by atoms with Gasteiger partial charge in [0.1, 0.15) is 17.0 Å². The van der Waals surface area contributed by atoms with Crippen LogP contribution in [0.4, 0.5) is 11.5 Å². The number of hydrogen-bond acceptors (Lipinski definition) is 8. The molecule has 1 aliphatic rings. The zero-order valence-corrected chi connectivity index (χ0v) is 15.3. The lowest BCUT2D eigenvalue weighted by Crippen LogP contribution is -2.38. The summed E-state index contributed by atoms with van der Waals surface area (Å²) in [5, 5.41) is 4.52. The molecular weight excluding hydrogens is 368 g/mol. The van der Waals surface area contributed by atoms with Crippen LogP contribution in [0.25, 0.3) is 20.4 Å². The van der Waals surface area contributed by atoms with Crippen molar-refractivity contribution in [2.75, 3.05) is 5.32 Å². The SMILES string of the molecule is NNC1CCc2c(sc3ncnc(Nc4ccc5[nH]c(=O)sc5c4)c23)C1. The van der Waals surface area contributed by atoms with Crippen LogP contribution in [0.15, 0.2) is 29.3 Å². The standard InChI is InChI=1S/C17H16N6OS2/c18-23-9-1-3-10-12(6-9)25-16-14(10)15(19-7-20-16)21-8-2-4-11-13(5-8)26-17(24)22-11/h2,4-5,7,9,23H,1,3,6,18H2,(H,22,24)(H,19,20,21). The Kier molecular flexibility index (Phi) is 3.75. The Hall–Kier alpha value is -2.33. The number of thiazole rings is 1. The highest BCUT2D eigenvalue weighted by atomic mass is 32.1. The van der Waals surface area contributed by atoms with Gasteiger partial charge in [-0.2, -0.15) is 0 Å². The van der Waals surface area contributed by atoms with Gasteiger partial charge in [-0.1, -0.05) is 11.3 Å². The number of fused-ring (bicyclic) bond motifs is 4. The van der Waals surface area contributed by atoms with Gasteiger partial charge in [0.15, 0.2) is 0 Å². The van der Waals surface area contributed by atoms with Crippen molar-refractivity contribution in [3.63, 3.8) is 0 Å². The predicted octanol–water partition coefficient (Wildman–Crippen LogP) is 2.66. The minimum Gasteiger partial charge on any atom is -0.340 e. The quantitative estimate of drug-likeness (QED) is 0.319. The first kappa shape index (κ1) is 15.9. The molecule has 4 aromatic rings. The highest BCUT2D eigenvalue weighted by Crippen LogP contribution is 2.39. The van der Waals surface area contributed by atoms with Crippen LogP contribution < -0.4 is 21.5 Å². The molecule has 3 heterocycles. The summed E-state index contributed by atoms with van der Waals surface area (Å²) < 4.78 is 0.925. The number of nitrogens with two attached hydrogens (primary N) is 1. The number of benzene rings is 1.